The molecular formula is C19H20F2N2O4S. The third-order valence-corrected chi connectivity index (χ3v) is 6.40. The summed E-state index contributed by atoms with van der Waals surface area (Å²) in [6.45, 7) is -0.346. The highest BCUT2D eigenvalue weighted by Gasteiger charge is 2.30. The van der Waals surface area contributed by atoms with Crippen LogP contribution in [0.4, 0.5) is 8.78 Å². The minimum Gasteiger partial charge on any atom is -0.435 e. The smallest absolute Gasteiger partial charge is 0.387 e. The van der Waals surface area contributed by atoms with E-state index < -0.39 is 16.6 Å². The summed E-state index contributed by atoms with van der Waals surface area (Å²) < 4.78 is 55.8. The quantitative estimate of drug-likeness (QED) is 0.760. The Morgan fingerprint density at radius 2 is 1.68 bits per heavy atom. The van der Waals surface area contributed by atoms with Crippen LogP contribution in [0.2, 0.25) is 0 Å². The van der Waals surface area contributed by atoms with E-state index in [1.54, 1.807) is 24.3 Å². The Kier molecular flexibility index (Phi) is 5.95. The zero-order valence-electron chi connectivity index (χ0n) is 15.2. The van der Waals surface area contributed by atoms with E-state index in [1.165, 1.54) is 33.5 Å². The second-order valence-electron chi connectivity index (χ2n) is 6.42. The molecule has 1 heterocycles. The van der Waals surface area contributed by atoms with Gasteiger partial charge in [0.25, 0.3) is 5.91 Å². The lowest BCUT2D eigenvalue weighted by Crippen LogP contribution is -2.50. The number of piperazine rings is 1. The van der Waals surface area contributed by atoms with Gasteiger partial charge in [0.2, 0.25) is 10.0 Å². The Morgan fingerprint density at radius 3 is 2.29 bits per heavy atom. The molecule has 0 unspecified atom stereocenters. The number of hydrogen-bond donors (Lipinski definition) is 0. The number of alkyl halides is 2. The van der Waals surface area contributed by atoms with Gasteiger partial charge < -0.3 is 9.64 Å². The average Bonchev–Trinajstić information content (AvgIpc) is 2.67. The van der Waals surface area contributed by atoms with Crippen LogP contribution in [0.5, 0.6) is 5.75 Å². The van der Waals surface area contributed by atoms with Gasteiger partial charge in [-0.05, 0) is 37.3 Å². The lowest BCUT2D eigenvalue weighted by molar-refractivity contribution is -0.0499. The SMILES string of the molecule is Cc1ccc(S(=O)(=O)N2CCN(C(=O)c3cccc(OC(F)F)c3)CC2)cc1. The van der Waals surface area contributed by atoms with Crippen molar-refractivity contribution in [3.63, 3.8) is 0 Å². The standard InChI is InChI=1S/C19H20F2N2O4S/c1-14-5-7-17(8-6-14)28(25,26)23-11-9-22(10-12-23)18(24)15-3-2-4-16(13-15)27-19(20)21/h2-8,13,19H,9-12H2,1H3. The Labute approximate surface area is 162 Å². The minimum absolute atomic E-state index is 0.0959. The molecule has 0 saturated carbocycles. The van der Waals surface area contributed by atoms with Gasteiger partial charge in [0, 0.05) is 31.7 Å². The van der Waals surface area contributed by atoms with E-state index >= 15 is 0 Å². The zero-order valence-corrected chi connectivity index (χ0v) is 16.0. The number of nitrogens with zero attached hydrogens (tertiary/aromatic N) is 2. The third-order valence-electron chi connectivity index (χ3n) is 4.49. The molecule has 2 aromatic carbocycles. The number of carbonyl (C=O) groups excluding carboxylic acids is 1. The first-order valence-electron chi connectivity index (χ1n) is 8.68. The highest BCUT2D eigenvalue weighted by molar-refractivity contribution is 7.89. The predicted molar refractivity (Wildman–Crippen MR) is 98.9 cm³/mol. The molecule has 1 saturated heterocycles. The van der Waals surface area contributed by atoms with Crippen molar-refractivity contribution in [2.75, 3.05) is 26.2 Å². The van der Waals surface area contributed by atoms with E-state index in [9.17, 15) is 22.0 Å². The molecule has 28 heavy (non-hydrogen) atoms. The highest BCUT2D eigenvalue weighted by atomic mass is 32.2. The lowest BCUT2D eigenvalue weighted by atomic mass is 10.1. The topological polar surface area (TPSA) is 66.9 Å². The number of aryl methyl sites for hydroxylation is 1. The van der Waals surface area contributed by atoms with Crippen LogP contribution in [0.15, 0.2) is 53.4 Å². The normalized spacial score (nSPS) is 15.6. The zero-order chi connectivity index (χ0) is 20.3. The second kappa shape index (κ2) is 8.24. The Bertz CT molecular complexity index is 941. The number of benzene rings is 2. The molecule has 0 aromatic heterocycles. The number of sulfonamides is 1. The molecule has 1 aliphatic rings. The van der Waals surface area contributed by atoms with Gasteiger partial charge in [0.1, 0.15) is 5.75 Å². The number of hydrogen-bond acceptors (Lipinski definition) is 4. The number of rotatable bonds is 5. The number of ether oxygens (including phenoxy) is 1. The molecule has 150 valence electrons. The summed E-state index contributed by atoms with van der Waals surface area (Å²) in [5.41, 5.74) is 1.18. The molecule has 2 aromatic rings. The van der Waals surface area contributed by atoms with Crippen LogP contribution in [0.1, 0.15) is 15.9 Å². The maximum atomic E-state index is 12.7. The van der Waals surface area contributed by atoms with Gasteiger partial charge in [0.15, 0.2) is 0 Å². The van der Waals surface area contributed by atoms with Gasteiger partial charge in [-0.1, -0.05) is 23.8 Å². The van der Waals surface area contributed by atoms with E-state index in [4.69, 9.17) is 0 Å². The van der Waals surface area contributed by atoms with Crippen molar-refractivity contribution in [3.05, 3.63) is 59.7 Å². The molecule has 6 nitrogen and oxygen atoms in total. The summed E-state index contributed by atoms with van der Waals surface area (Å²) in [7, 11) is -3.62. The minimum atomic E-state index is -3.62. The van der Waals surface area contributed by atoms with Gasteiger partial charge in [0.05, 0.1) is 4.90 Å². The summed E-state index contributed by atoms with van der Waals surface area (Å²) in [5, 5.41) is 0. The van der Waals surface area contributed by atoms with E-state index in [1.807, 2.05) is 6.92 Å². The third kappa shape index (κ3) is 4.48. The van der Waals surface area contributed by atoms with Gasteiger partial charge in [-0.3, -0.25) is 4.79 Å². The van der Waals surface area contributed by atoms with Crippen molar-refractivity contribution >= 4 is 15.9 Å². The van der Waals surface area contributed by atoms with E-state index in [0.29, 0.717) is 0 Å². The number of carbonyl (C=O) groups is 1. The molecule has 9 heteroatoms. The Morgan fingerprint density at radius 1 is 1.04 bits per heavy atom. The maximum absolute atomic E-state index is 12.7. The fourth-order valence-electron chi connectivity index (χ4n) is 2.98. The van der Waals surface area contributed by atoms with Crippen molar-refractivity contribution in [1.29, 1.82) is 0 Å². The number of halogens is 2. The first-order valence-corrected chi connectivity index (χ1v) is 10.1. The van der Waals surface area contributed by atoms with E-state index in [0.717, 1.165) is 5.56 Å². The summed E-state index contributed by atoms with van der Waals surface area (Å²) in [6, 6.07) is 12.2. The van der Waals surface area contributed by atoms with Crippen molar-refractivity contribution in [3.8, 4) is 5.75 Å². The van der Waals surface area contributed by atoms with Crippen LogP contribution in [0.25, 0.3) is 0 Å². The van der Waals surface area contributed by atoms with E-state index in [2.05, 4.69) is 4.74 Å². The van der Waals surface area contributed by atoms with Gasteiger partial charge in [-0.2, -0.15) is 13.1 Å². The van der Waals surface area contributed by atoms with Gasteiger partial charge in [-0.25, -0.2) is 8.42 Å². The maximum Gasteiger partial charge on any atom is 0.387 e. The molecular weight excluding hydrogens is 390 g/mol. The van der Waals surface area contributed by atoms with Crippen LogP contribution in [-0.4, -0.2) is 56.3 Å². The van der Waals surface area contributed by atoms with Crippen LogP contribution < -0.4 is 4.74 Å². The Hall–Kier alpha value is -2.52. The molecule has 0 spiro atoms. The molecule has 0 N–H and O–H groups in total. The van der Waals surface area contributed by atoms with Crippen molar-refractivity contribution in [1.82, 2.24) is 9.21 Å². The molecule has 0 radical (unpaired) electrons. The summed E-state index contributed by atoms with van der Waals surface area (Å²) in [4.78, 5) is 14.3. The first-order chi connectivity index (χ1) is 13.3. The van der Waals surface area contributed by atoms with Crippen molar-refractivity contribution < 1.29 is 26.7 Å². The molecule has 1 aliphatic heterocycles. The average molecular weight is 410 g/mol. The molecule has 1 amide bonds. The van der Waals surface area contributed by atoms with Gasteiger partial charge in [-0.15, -0.1) is 0 Å². The van der Waals surface area contributed by atoms with E-state index in [-0.39, 0.29) is 48.3 Å². The Balaban J connectivity index is 1.66. The van der Waals surface area contributed by atoms with Crippen LogP contribution >= 0.6 is 0 Å². The van der Waals surface area contributed by atoms with Gasteiger partial charge >= 0.3 is 6.61 Å². The van der Waals surface area contributed by atoms with Crippen molar-refractivity contribution in [2.45, 2.75) is 18.4 Å². The molecule has 1 fully saturated rings. The number of amides is 1. The lowest BCUT2D eigenvalue weighted by Gasteiger charge is -2.34. The molecule has 3 rings (SSSR count). The summed E-state index contributed by atoms with van der Waals surface area (Å²) in [6.07, 6.45) is 0. The molecule has 0 aliphatic carbocycles. The summed E-state index contributed by atoms with van der Waals surface area (Å²) in [5.74, 6) is -0.450. The largest absolute Gasteiger partial charge is 0.435 e. The predicted octanol–water partition coefficient (Wildman–Crippen LogP) is 2.74. The summed E-state index contributed by atoms with van der Waals surface area (Å²) >= 11 is 0. The molecule has 0 atom stereocenters. The fraction of sp³-hybridized carbons (Fsp3) is 0.316. The fourth-order valence-corrected chi connectivity index (χ4v) is 4.40. The van der Waals surface area contributed by atoms with Crippen LogP contribution in [0.3, 0.4) is 0 Å². The highest BCUT2D eigenvalue weighted by Crippen LogP contribution is 2.21. The monoisotopic (exact) mass is 410 g/mol. The first kappa shape index (κ1) is 20.2. The molecule has 0 bridgehead atoms. The van der Waals surface area contributed by atoms with Crippen LogP contribution in [0, 0.1) is 6.92 Å². The van der Waals surface area contributed by atoms with Crippen LogP contribution in [-0.2, 0) is 10.0 Å². The second-order valence-corrected chi connectivity index (χ2v) is 8.35. The van der Waals surface area contributed by atoms with Crippen molar-refractivity contribution in [2.24, 2.45) is 0 Å².